The first kappa shape index (κ1) is 20.6. The fraction of sp³-hybridized carbons (Fsp3) is 0.0870. The predicted molar refractivity (Wildman–Crippen MR) is 116 cm³/mol. The fourth-order valence-corrected chi connectivity index (χ4v) is 3.28. The van der Waals surface area contributed by atoms with Crippen LogP contribution in [0.4, 0.5) is 15.9 Å². The molecule has 0 radical (unpaired) electrons. The van der Waals surface area contributed by atoms with Crippen LogP contribution < -0.4 is 10.1 Å². The second-order valence-corrected chi connectivity index (χ2v) is 7.08. The zero-order valence-electron chi connectivity index (χ0n) is 16.2. The zero-order chi connectivity index (χ0) is 21.6. The Morgan fingerprint density at radius 1 is 1.00 bits per heavy atom. The molecule has 1 N–H and O–H groups in total. The summed E-state index contributed by atoms with van der Waals surface area (Å²) in [6.07, 6.45) is 1.46. The first-order valence-corrected chi connectivity index (χ1v) is 9.73. The Morgan fingerprint density at radius 3 is 2.68 bits per heavy atom. The van der Waals surface area contributed by atoms with Crippen LogP contribution in [0.25, 0.3) is 10.9 Å². The lowest BCUT2D eigenvalue weighted by Crippen LogP contribution is -1.99. The van der Waals surface area contributed by atoms with Gasteiger partial charge in [-0.15, -0.1) is 0 Å². The first-order chi connectivity index (χ1) is 15.1. The van der Waals surface area contributed by atoms with Gasteiger partial charge in [-0.1, -0.05) is 29.8 Å². The number of ether oxygens (including phenoxy) is 2. The predicted octanol–water partition coefficient (Wildman–Crippen LogP) is 5.42. The van der Waals surface area contributed by atoms with E-state index in [1.54, 1.807) is 30.3 Å². The molecule has 31 heavy (non-hydrogen) atoms. The standard InChI is InChI=1S/C23H17ClFN3O3/c24-20-10-18(5-7-22(20)31-12-15-2-1-3-17(25)8-15)28-23-19-9-16(11-30-14-29)4-6-21(19)26-13-27-23/h1-10,13-14H,11-12H2,(H,26,27,28). The molecule has 8 heteroatoms. The molecule has 0 aliphatic heterocycles. The third-order valence-corrected chi connectivity index (χ3v) is 4.79. The van der Waals surface area contributed by atoms with Gasteiger partial charge in [-0.3, -0.25) is 4.79 Å². The second-order valence-electron chi connectivity index (χ2n) is 6.67. The average molecular weight is 438 g/mol. The number of aromatic nitrogens is 2. The summed E-state index contributed by atoms with van der Waals surface area (Å²) in [5, 5.41) is 4.41. The molecular formula is C23H17ClFN3O3. The van der Waals surface area contributed by atoms with Crippen LogP contribution in [-0.4, -0.2) is 16.4 Å². The van der Waals surface area contributed by atoms with Gasteiger partial charge in [0.15, 0.2) is 0 Å². The number of hydrogen-bond acceptors (Lipinski definition) is 6. The lowest BCUT2D eigenvalue weighted by atomic mass is 10.1. The minimum Gasteiger partial charge on any atom is -0.487 e. The summed E-state index contributed by atoms with van der Waals surface area (Å²) in [6, 6.07) is 17.0. The summed E-state index contributed by atoms with van der Waals surface area (Å²) < 4.78 is 23.8. The van der Waals surface area contributed by atoms with Crippen LogP contribution in [-0.2, 0) is 22.7 Å². The highest BCUT2D eigenvalue weighted by Gasteiger charge is 2.09. The third-order valence-electron chi connectivity index (χ3n) is 4.50. The number of benzene rings is 3. The summed E-state index contributed by atoms with van der Waals surface area (Å²) in [7, 11) is 0. The molecule has 0 saturated carbocycles. The van der Waals surface area contributed by atoms with E-state index in [4.69, 9.17) is 21.1 Å². The van der Waals surface area contributed by atoms with Crippen LogP contribution >= 0.6 is 11.6 Å². The van der Waals surface area contributed by atoms with E-state index in [0.29, 0.717) is 34.3 Å². The Morgan fingerprint density at radius 2 is 1.87 bits per heavy atom. The number of fused-ring (bicyclic) bond motifs is 1. The van der Waals surface area contributed by atoms with Gasteiger partial charge in [0.25, 0.3) is 6.47 Å². The number of carbonyl (C=O) groups excluding carboxylic acids is 1. The Hall–Kier alpha value is -3.71. The molecule has 0 aliphatic rings. The van der Waals surface area contributed by atoms with E-state index in [2.05, 4.69) is 15.3 Å². The molecule has 0 atom stereocenters. The molecule has 0 amide bonds. The van der Waals surface area contributed by atoms with Gasteiger partial charge in [0.2, 0.25) is 0 Å². The molecule has 0 saturated heterocycles. The van der Waals surface area contributed by atoms with Crippen molar-refractivity contribution in [3.8, 4) is 5.75 Å². The van der Waals surface area contributed by atoms with E-state index in [-0.39, 0.29) is 19.0 Å². The van der Waals surface area contributed by atoms with Crippen molar-refractivity contribution in [2.24, 2.45) is 0 Å². The maximum Gasteiger partial charge on any atom is 0.293 e. The topological polar surface area (TPSA) is 73.3 Å². The van der Waals surface area contributed by atoms with Gasteiger partial charge in [0.1, 0.15) is 36.9 Å². The van der Waals surface area contributed by atoms with E-state index < -0.39 is 0 Å². The van der Waals surface area contributed by atoms with Gasteiger partial charge in [0.05, 0.1) is 10.5 Å². The molecule has 6 nitrogen and oxygen atoms in total. The van der Waals surface area contributed by atoms with Gasteiger partial charge >= 0.3 is 0 Å². The van der Waals surface area contributed by atoms with Crippen LogP contribution in [0.1, 0.15) is 11.1 Å². The number of rotatable bonds is 8. The molecular weight excluding hydrogens is 421 g/mol. The molecule has 4 aromatic rings. The summed E-state index contributed by atoms with van der Waals surface area (Å²) in [6.45, 7) is 0.772. The summed E-state index contributed by atoms with van der Waals surface area (Å²) in [5.74, 6) is 0.754. The second kappa shape index (κ2) is 9.40. The molecule has 1 heterocycles. The van der Waals surface area contributed by atoms with Gasteiger partial charge < -0.3 is 14.8 Å². The maximum atomic E-state index is 13.3. The van der Waals surface area contributed by atoms with Gasteiger partial charge in [-0.25, -0.2) is 14.4 Å². The van der Waals surface area contributed by atoms with Crippen molar-refractivity contribution in [1.82, 2.24) is 9.97 Å². The van der Waals surface area contributed by atoms with Crippen LogP contribution in [0, 0.1) is 5.82 Å². The van der Waals surface area contributed by atoms with Crippen LogP contribution in [0.5, 0.6) is 5.75 Å². The number of anilines is 2. The van der Waals surface area contributed by atoms with Gasteiger partial charge in [0, 0.05) is 11.1 Å². The molecule has 0 spiro atoms. The zero-order valence-corrected chi connectivity index (χ0v) is 17.0. The molecule has 3 aromatic carbocycles. The molecule has 4 rings (SSSR count). The Labute approximate surface area is 182 Å². The summed E-state index contributed by atoms with van der Waals surface area (Å²) >= 11 is 6.37. The van der Waals surface area contributed by atoms with E-state index in [9.17, 15) is 9.18 Å². The first-order valence-electron chi connectivity index (χ1n) is 9.35. The number of carbonyl (C=O) groups is 1. The van der Waals surface area contributed by atoms with Crippen LogP contribution in [0.15, 0.2) is 67.0 Å². The van der Waals surface area contributed by atoms with E-state index in [0.717, 1.165) is 16.5 Å². The fourth-order valence-electron chi connectivity index (χ4n) is 3.04. The van der Waals surface area contributed by atoms with Crippen molar-refractivity contribution in [1.29, 1.82) is 0 Å². The summed E-state index contributed by atoms with van der Waals surface area (Å²) in [4.78, 5) is 19.0. The van der Waals surface area contributed by atoms with Crippen molar-refractivity contribution >= 4 is 40.5 Å². The number of hydrogen-bond donors (Lipinski definition) is 1. The SMILES string of the molecule is O=COCc1ccc2ncnc(Nc3ccc(OCc4cccc(F)c4)c(Cl)c3)c2c1. The average Bonchev–Trinajstić information content (AvgIpc) is 2.77. The normalized spacial score (nSPS) is 10.6. The molecule has 0 fully saturated rings. The minimum atomic E-state index is -0.315. The van der Waals surface area contributed by atoms with Gasteiger partial charge in [-0.05, 0) is 53.6 Å². The lowest BCUT2D eigenvalue weighted by Gasteiger charge is -2.12. The Balaban J connectivity index is 1.52. The highest BCUT2D eigenvalue weighted by molar-refractivity contribution is 6.32. The van der Waals surface area contributed by atoms with Crippen LogP contribution in [0.3, 0.4) is 0 Å². The largest absolute Gasteiger partial charge is 0.487 e. The van der Waals surface area contributed by atoms with Crippen LogP contribution in [0.2, 0.25) is 5.02 Å². The summed E-state index contributed by atoms with van der Waals surface area (Å²) in [5.41, 5.74) is 2.97. The van der Waals surface area contributed by atoms with E-state index in [1.807, 2.05) is 18.2 Å². The lowest BCUT2D eigenvalue weighted by molar-refractivity contribution is -0.129. The highest BCUT2D eigenvalue weighted by Crippen LogP contribution is 2.31. The van der Waals surface area contributed by atoms with Gasteiger partial charge in [-0.2, -0.15) is 0 Å². The van der Waals surface area contributed by atoms with Crippen molar-refractivity contribution in [3.05, 3.63) is 89.0 Å². The monoisotopic (exact) mass is 437 g/mol. The van der Waals surface area contributed by atoms with E-state index >= 15 is 0 Å². The van der Waals surface area contributed by atoms with Crippen molar-refractivity contribution in [3.63, 3.8) is 0 Å². The molecule has 156 valence electrons. The smallest absolute Gasteiger partial charge is 0.293 e. The molecule has 0 aliphatic carbocycles. The van der Waals surface area contributed by atoms with Crippen molar-refractivity contribution < 1.29 is 18.7 Å². The third kappa shape index (κ3) is 5.07. The number of halogens is 2. The van der Waals surface area contributed by atoms with Crippen molar-refractivity contribution in [2.45, 2.75) is 13.2 Å². The molecule has 0 unspecified atom stereocenters. The number of nitrogens with one attached hydrogen (secondary N) is 1. The molecule has 0 bridgehead atoms. The molecule has 1 aromatic heterocycles. The van der Waals surface area contributed by atoms with E-state index in [1.165, 1.54) is 18.5 Å². The Bertz CT molecular complexity index is 1240. The highest BCUT2D eigenvalue weighted by atomic mass is 35.5. The quantitative estimate of drug-likeness (QED) is 0.371. The van der Waals surface area contributed by atoms with Crippen molar-refractivity contribution in [2.75, 3.05) is 5.32 Å². The Kier molecular flexibility index (Phi) is 6.24. The minimum absolute atomic E-state index is 0.164. The maximum absolute atomic E-state index is 13.3. The number of nitrogens with zero attached hydrogens (tertiary/aromatic N) is 2.